The topological polar surface area (TPSA) is 74.1 Å². The normalized spacial score (nSPS) is 17.4. The lowest BCUT2D eigenvalue weighted by Crippen LogP contribution is -2.54. The van der Waals surface area contributed by atoms with Crippen molar-refractivity contribution in [2.24, 2.45) is 10.1 Å². The molecule has 1 atom stereocenters. The molecule has 2 aliphatic heterocycles. The average molecular weight is 421 g/mol. The minimum Gasteiger partial charge on any atom is -0.298 e. The first-order valence-corrected chi connectivity index (χ1v) is 11.3. The number of unbranched alkanes of at least 4 members (excludes halogenated alkanes) is 3. The molecule has 0 bridgehead atoms. The number of carbonyl (C=O) groups excluding carboxylic acids is 2. The highest BCUT2D eigenvalue weighted by atomic mass is 32.2. The number of thioether (sulfide) groups is 1. The molecule has 1 amide bonds. The van der Waals surface area contributed by atoms with E-state index in [2.05, 4.69) is 22.3 Å². The van der Waals surface area contributed by atoms with Gasteiger partial charge < -0.3 is 0 Å². The summed E-state index contributed by atoms with van der Waals surface area (Å²) < 4.78 is 0. The van der Waals surface area contributed by atoms with E-state index >= 15 is 0 Å². The Morgan fingerprint density at radius 1 is 1.07 bits per heavy atom. The van der Waals surface area contributed by atoms with E-state index in [9.17, 15) is 9.59 Å². The van der Waals surface area contributed by atoms with Crippen LogP contribution >= 0.6 is 11.8 Å². The second-order valence-corrected chi connectivity index (χ2v) is 8.30. The molecule has 0 fully saturated rings. The molecule has 2 heterocycles. The number of para-hydroxylation sites is 1. The first-order chi connectivity index (χ1) is 14.7. The Morgan fingerprint density at radius 2 is 1.83 bits per heavy atom. The summed E-state index contributed by atoms with van der Waals surface area (Å²) in [6, 6.07) is 16.4. The molecule has 7 heteroatoms. The van der Waals surface area contributed by atoms with E-state index in [4.69, 9.17) is 0 Å². The fourth-order valence-electron chi connectivity index (χ4n) is 3.51. The lowest BCUT2D eigenvalue weighted by Gasteiger charge is -2.33. The van der Waals surface area contributed by atoms with Gasteiger partial charge in [-0.1, -0.05) is 86.5 Å². The molecule has 0 aliphatic carbocycles. The van der Waals surface area contributed by atoms with Gasteiger partial charge in [-0.15, -0.1) is 5.10 Å². The highest BCUT2D eigenvalue weighted by molar-refractivity contribution is 8.13. The Morgan fingerprint density at radius 3 is 2.63 bits per heavy atom. The van der Waals surface area contributed by atoms with Gasteiger partial charge in [0.2, 0.25) is 11.9 Å². The van der Waals surface area contributed by atoms with Gasteiger partial charge in [-0.05, 0) is 12.5 Å². The number of carbonyl (C=O) groups is 2. The Labute approximate surface area is 179 Å². The third-order valence-electron chi connectivity index (χ3n) is 5.04. The van der Waals surface area contributed by atoms with Crippen molar-refractivity contribution in [1.82, 2.24) is 10.3 Å². The molecule has 0 spiro atoms. The van der Waals surface area contributed by atoms with E-state index in [0.717, 1.165) is 18.6 Å². The standard InChI is InChI=1S/C23H24N4O2S/c1-2-3-4-10-15-30-23-25-22(29)19-17-13-8-9-14-18(17)24-21(27(19)26-23)20(28)16-11-6-5-7-12-16/h5-9,11-14,21H,2-4,10,15H2,1H3,(H,25,26,29). The van der Waals surface area contributed by atoms with Crippen LogP contribution in [-0.4, -0.2) is 33.8 Å². The van der Waals surface area contributed by atoms with E-state index in [0.29, 0.717) is 27.0 Å². The Balaban J connectivity index is 1.69. The SMILES string of the molecule is CCCCCCSC1=NN2C(=c3ccccc3=NC2C(=O)c2ccccc2)C(=O)N1. The van der Waals surface area contributed by atoms with Gasteiger partial charge in [-0.25, -0.2) is 10.0 Å². The minimum atomic E-state index is -0.904. The molecule has 4 rings (SSSR count). The van der Waals surface area contributed by atoms with Crippen LogP contribution < -0.4 is 15.9 Å². The zero-order valence-electron chi connectivity index (χ0n) is 16.9. The highest BCUT2D eigenvalue weighted by Crippen LogP contribution is 2.23. The molecule has 6 nitrogen and oxygen atoms in total. The van der Waals surface area contributed by atoms with Gasteiger partial charge in [-0.3, -0.25) is 14.9 Å². The van der Waals surface area contributed by atoms with Gasteiger partial charge in [0, 0.05) is 16.5 Å². The van der Waals surface area contributed by atoms with Crippen LogP contribution in [0.5, 0.6) is 0 Å². The number of ketones is 1. The highest BCUT2D eigenvalue weighted by Gasteiger charge is 2.37. The molecule has 30 heavy (non-hydrogen) atoms. The molecule has 1 N–H and O–H groups in total. The molecule has 2 aromatic carbocycles. The molecule has 1 unspecified atom stereocenters. The summed E-state index contributed by atoms with van der Waals surface area (Å²) in [4.78, 5) is 30.9. The maximum absolute atomic E-state index is 13.3. The molecule has 0 saturated carbocycles. The third-order valence-corrected chi connectivity index (χ3v) is 5.99. The number of nitrogens with zero attached hydrogens (tertiary/aromatic N) is 3. The summed E-state index contributed by atoms with van der Waals surface area (Å²) in [5.74, 6) is 0.426. The quantitative estimate of drug-likeness (QED) is 0.552. The van der Waals surface area contributed by atoms with E-state index in [1.165, 1.54) is 29.6 Å². The number of benzene rings is 2. The number of Topliss-reactive ketones (excluding diaryl/α,β-unsaturated/α-hetero) is 1. The maximum Gasteiger partial charge on any atom is 0.276 e. The summed E-state index contributed by atoms with van der Waals surface area (Å²) in [6.07, 6.45) is 3.69. The van der Waals surface area contributed by atoms with Crippen molar-refractivity contribution < 1.29 is 9.59 Å². The summed E-state index contributed by atoms with van der Waals surface area (Å²) in [5.41, 5.74) is 0.908. The molecule has 2 aromatic rings. The number of fused-ring (bicyclic) bond motifs is 2. The van der Waals surface area contributed by atoms with Crippen molar-refractivity contribution in [2.45, 2.75) is 38.8 Å². The lowest BCUT2D eigenvalue weighted by molar-refractivity contribution is -0.115. The van der Waals surface area contributed by atoms with Gasteiger partial charge in [0.15, 0.2) is 5.17 Å². The molecular weight excluding hydrogens is 396 g/mol. The molecule has 0 aromatic heterocycles. The van der Waals surface area contributed by atoms with Crippen LogP contribution in [-0.2, 0) is 4.79 Å². The molecule has 0 radical (unpaired) electrons. The number of hydrazone groups is 1. The van der Waals surface area contributed by atoms with E-state index in [-0.39, 0.29) is 11.7 Å². The zero-order chi connectivity index (χ0) is 20.9. The first kappa shape index (κ1) is 20.3. The average Bonchev–Trinajstić information content (AvgIpc) is 2.78. The van der Waals surface area contributed by atoms with E-state index < -0.39 is 6.17 Å². The number of rotatable bonds is 7. The van der Waals surface area contributed by atoms with Gasteiger partial charge in [0.05, 0.1) is 5.36 Å². The monoisotopic (exact) mass is 420 g/mol. The van der Waals surface area contributed by atoms with Crippen LogP contribution in [0.2, 0.25) is 0 Å². The Bertz CT molecular complexity index is 1100. The maximum atomic E-state index is 13.3. The first-order valence-electron chi connectivity index (χ1n) is 10.3. The fraction of sp³-hybridized carbons (Fsp3) is 0.304. The summed E-state index contributed by atoms with van der Waals surface area (Å²) in [6.45, 7) is 2.18. The third kappa shape index (κ3) is 4.16. The van der Waals surface area contributed by atoms with Crippen molar-refractivity contribution in [1.29, 1.82) is 0 Å². The van der Waals surface area contributed by atoms with Crippen LogP contribution in [0.3, 0.4) is 0 Å². The fourth-order valence-corrected chi connectivity index (χ4v) is 4.36. The van der Waals surface area contributed by atoms with Crippen molar-refractivity contribution in [3.63, 3.8) is 0 Å². The van der Waals surface area contributed by atoms with Gasteiger partial charge >= 0.3 is 0 Å². The Hall–Kier alpha value is -2.93. The van der Waals surface area contributed by atoms with Crippen LogP contribution in [0.15, 0.2) is 64.7 Å². The zero-order valence-corrected chi connectivity index (χ0v) is 17.7. The Kier molecular flexibility index (Phi) is 6.28. The molecular formula is C23H24N4O2S. The summed E-state index contributed by atoms with van der Waals surface area (Å²) >= 11 is 1.51. The summed E-state index contributed by atoms with van der Waals surface area (Å²) in [7, 11) is 0. The minimum absolute atomic E-state index is 0.187. The van der Waals surface area contributed by atoms with Gasteiger partial charge in [-0.2, -0.15) is 0 Å². The van der Waals surface area contributed by atoms with Crippen molar-refractivity contribution >= 4 is 34.3 Å². The number of amidine groups is 1. The van der Waals surface area contributed by atoms with Crippen LogP contribution in [0, 0.1) is 0 Å². The smallest absolute Gasteiger partial charge is 0.276 e. The number of hydrogen-bond donors (Lipinski definition) is 1. The number of hydrogen-bond acceptors (Lipinski definition) is 6. The number of nitrogens with one attached hydrogen (secondary N) is 1. The second-order valence-electron chi connectivity index (χ2n) is 7.21. The van der Waals surface area contributed by atoms with Crippen LogP contribution in [0.1, 0.15) is 43.0 Å². The molecule has 2 aliphatic rings. The predicted molar refractivity (Wildman–Crippen MR) is 119 cm³/mol. The van der Waals surface area contributed by atoms with Gasteiger partial charge in [0.25, 0.3) is 5.91 Å². The van der Waals surface area contributed by atoms with Crippen molar-refractivity contribution in [2.75, 3.05) is 5.75 Å². The predicted octanol–water partition coefficient (Wildman–Crippen LogP) is 2.65. The van der Waals surface area contributed by atoms with Crippen LogP contribution in [0.25, 0.3) is 5.70 Å². The van der Waals surface area contributed by atoms with Crippen molar-refractivity contribution in [3.8, 4) is 0 Å². The molecule has 0 saturated heterocycles. The van der Waals surface area contributed by atoms with Crippen molar-refractivity contribution in [3.05, 3.63) is 70.7 Å². The summed E-state index contributed by atoms with van der Waals surface area (Å²) in [5, 5.41) is 10.8. The van der Waals surface area contributed by atoms with Crippen LogP contribution in [0.4, 0.5) is 0 Å². The molecule has 154 valence electrons. The van der Waals surface area contributed by atoms with Gasteiger partial charge in [0.1, 0.15) is 5.70 Å². The largest absolute Gasteiger partial charge is 0.298 e. The lowest BCUT2D eigenvalue weighted by atomic mass is 10.1. The number of amides is 1. The second kappa shape index (κ2) is 9.26. The van der Waals surface area contributed by atoms with E-state index in [1.807, 2.05) is 42.5 Å². The van der Waals surface area contributed by atoms with E-state index in [1.54, 1.807) is 12.1 Å².